The first-order valence-corrected chi connectivity index (χ1v) is 7.65. The number of halogens is 2. The predicted molar refractivity (Wildman–Crippen MR) is 81.6 cm³/mol. The van der Waals surface area contributed by atoms with E-state index >= 15 is 0 Å². The second kappa shape index (κ2) is 7.04. The monoisotopic (exact) mass is 356 g/mol. The van der Waals surface area contributed by atoms with Crippen LogP contribution in [0.4, 0.5) is 4.39 Å². The van der Waals surface area contributed by atoms with Crippen molar-refractivity contribution in [1.82, 2.24) is 9.78 Å². The van der Waals surface area contributed by atoms with Crippen LogP contribution in [0.3, 0.4) is 0 Å². The first-order valence-electron chi connectivity index (χ1n) is 6.86. The normalized spacial score (nSPS) is 10.9. The Balaban J connectivity index is 2.20. The molecule has 1 aromatic carbocycles. The third kappa shape index (κ3) is 3.63. The molecule has 0 fully saturated rings. The van der Waals surface area contributed by atoms with Crippen LogP contribution in [0.2, 0.25) is 0 Å². The maximum atomic E-state index is 13.4. The van der Waals surface area contributed by atoms with Crippen molar-refractivity contribution in [3.63, 3.8) is 0 Å². The summed E-state index contributed by atoms with van der Waals surface area (Å²) < 4.78 is 21.9. The Morgan fingerprint density at radius 3 is 2.71 bits per heavy atom. The van der Waals surface area contributed by atoms with Gasteiger partial charge in [-0.1, -0.05) is 6.92 Å². The Morgan fingerprint density at radius 1 is 1.33 bits per heavy atom. The molecule has 4 nitrogen and oxygen atoms in total. The predicted octanol–water partition coefficient (Wildman–Crippen LogP) is 3.44. The highest BCUT2D eigenvalue weighted by atomic mass is 79.9. The number of hydrogen-bond acceptors (Lipinski definition) is 3. The summed E-state index contributed by atoms with van der Waals surface area (Å²) in [5, 5.41) is 13.6. The summed E-state index contributed by atoms with van der Waals surface area (Å²) in [6.07, 6.45) is 0.829. The largest absolute Gasteiger partial charge is 0.487 e. The number of aromatic nitrogens is 2. The van der Waals surface area contributed by atoms with E-state index in [1.165, 1.54) is 12.1 Å². The van der Waals surface area contributed by atoms with Crippen molar-refractivity contribution >= 4 is 15.9 Å². The second-order valence-electron chi connectivity index (χ2n) is 4.62. The Bertz CT molecular complexity index is 628. The number of aryl methyl sites for hydroxylation is 2. The van der Waals surface area contributed by atoms with E-state index < -0.39 is 5.82 Å². The molecular weight excluding hydrogens is 339 g/mol. The number of nitrogens with zero attached hydrogens (tertiary/aromatic N) is 2. The van der Waals surface area contributed by atoms with Gasteiger partial charge in [0.05, 0.1) is 22.5 Å². The lowest BCUT2D eigenvalue weighted by atomic mass is 10.2. The van der Waals surface area contributed by atoms with Gasteiger partial charge in [-0.25, -0.2) is 4.39 Å². The molecule has 6 heteroatoms. The lowest BCUT2D eigenvalue weighted by molar-refractivity contribution is 0.274. The fraction of sp³-hybridized carbons (Fsp3) is 0.400. The van der Waals surface area contributed by atoms with Crippen LogP contribution >= 0.6 is 15.9 Å². The van der Waals surface area contributed by atoms with Crippen molar-refractivity contribution in [3.05, 3.63) is 45.4 Å². The van der Waals surface area contributed by atoms with Crippen molar-refractivity contribution in [2.75, 3.05) is 0 Å². The third-order valence-electron chi connectivity index (χ3n) is 3.18. The maximum absolute atomic E-state index is 13.4. The van der Waals surface area contributed by atoms with E-state index in [-0.39, 0.29) is 13.2 Å². The summed E-state index contributed by atoms with van der Waals surface area (Å²) in [4.78, 5) is 0. The van der Waals surface area contributed by atoms with Gasteiger partial charge in [0, 0.05) is 12.6 Å². The van der Waals surface area contributed by atoms with Crippen LogP contribution in [0.15, 0.2) is 22.7 Å². The molecule has 0 spiro atoms. The van der Waals surface area contributed by atoms with Gasteiger partial charge in [0.15, 0.2) is 0 Å². The molecule has 0 saturated carbocycles. The van der Waals surface area contributed by atoms with Gasteiger partial charge in [-0.05, 0) is 47.0 Å². The molecule has 1 heterocycles. The smallest absolute Gasteiger partial charge is 0.131 e. The van der Waals surface area contributed by atoms with Crippen LogP contribution in [-0.2, 0) is 26.2 Å². The van der Waals surface area contributed by atoms with Crippen LogP contribution in [0.1, 0.15) is 30.8 Å². The molecule has 114 valence electrons. The Labute approximate surface area is 131 Å². The summed E-state index contributed by atoms with van der Waals surface area (Å²) in [5.41, 5.74) is 2.39. The van der Waals surface area contributed by atoms with Crippen molar-refractivity contribution in [2.45, 2.75) is 40.0 Å². The molecule has 2 rings (SSSR count). The van der Waals surface area contributed by atoms with E-state index in [0.717, 1.165) is 28.8 Å². The zero-order chi connectivity index (χ0) is 15.4. The molecule has 0 amide bonds. The number of ether oxygens (including phenoxy) is 1. The molecule has 0 unspecified atom stereocenters. The number of rotatable bonds is 6. The SMILES string of the molecule is CCc1nn(CC)c(COc2cc(F)cc(CO)c2)c1Br. The highest BCUT2D eigenvalue weighted by Crippen LogP contribution is 2.24. The summed E-state index contributed by atoms with van der Waals surface area (Å²) >= 11 is 3.54. The van der Waals surface area contributed by atoms with Crippen molar-refractivity contribution in [1.29, 1.82) is 0 Å². The number of benzene rings is 1. The van der Waals surface area contributed by atoms with E-state index in [2.05, 4.69) is 21.0 Å². The summed E-state index contributed by atoms with van der Waals surface area (Å²) in [6.45, 7) is 4.86. The Kier molecular flexibility index (Phi) is 5.36. The van der Waals surface area contributed by atoms with Crippen LogP contribution in [0.25, 0.3) is 0 Å². The van der Waals surface area contributed by atoms with Crippen molar-refractivity contribution in [3.8, 4) is 5.75 Å². The van der Waals surface area contributed by atoms with E-state index in [1.807, 2.05) is 18.5 Å². The maximum Gasteiger partial charge on any atom is 0.131 e. The van der Waals surface area contributed by atoms with Crippen LogP contribution in [-0.4, -0.2) is 14.9 Å². The van der Waals surface area contributed by atoms with E-state index in [9.17, 15) is 4.39 Å². The minimum absolute atomic E-state index is 0.218. The molecule has 0 aliphatic rings. The highest BCUT2D eigenvalue weighted by Gasteiger charge is 2.14. The standard InChI is InChI=1S/C15H18BrFN2O2/c1-3-13-15(16)14(19(4-2)18-13)9-21-12-6-10(8-20)5-11(17)7-12/h5-7,20H,3-4,8-9H2,1-2H3. The minimum atomic E-state index is -0.422. The molecule has 0 atom stereocenters. The average molecular weight is 357 g/mol. The molecule has 0 radical (unpaired) electrons. The van der Waals surface area contributed by atoms with Crippen LogP contribution in [0.5, 0.6) is 5.75 Å². The lowest BCUT2D eigenvalue weighted by Crippen LogP contribution is -2.07. The second-order valence-corrected chi connectivity index (χ2v) is 5.41. The molecule has 21 heavy (non-hydrogen) atoms. The number of aliphatic hydroxyl groups excluding tert-OH is 1. The average Bonchev–Trinajstić information content (AvgIpc) is 2.80. The van der Waals surface area contributed by atoms with Gasteiger partial charge in [-0.15, -0.1) is 0 Å². The molecule has 0 bridgehead atoms. The first kappa shape index (κ1) is 16.0. The summed E-state index contributed by atoms with van der Waals surface area (Å²) in [7, 11) is 0. The fourth-order valence-corrected chi connectivity index (χ4v) is 2.78. The zero-order valence-corrected chi connectivity index (χ0v) is 13.7. The zero-order valence-electron chi connectivity index (χ0n) is 12.1. The van der Waals surface area contributed by atoms with Gasteiger partial charge in [0.2, 0.25) is 0 Å². The fourth-order valence-electron chi connectivity index (χ4n) is 2.10. The van der Waals surface area contributed by atoms with Crippen LogP contribution in [0, 0.1) is 5.82 Å². The topological polar surface area (TPSA) is 47.3 Å². The van der Waals surface area contributed by atoms with Gasteiger partial charge in [0.25, 0.3) is 0 Å². The van der Waals surface area contributed by atoms with E-state index in [0.29, 0.717) is 11.3 Å². The molecule has 2 aromatic rings. The van der Waals surface area contributed by atoms with Crippen molar-refractivity contribution in [2.24, 2.45) is 0 Å². The van der Waals surface area contributed by atoms with Crippen molar-refractivity contribution < 1.29 is 14.2 Å². The number of aliphatic hydroxyl groups is 1. The summed E-state index contributed by atoms with van der Waals surface area (Å²) in [6, 6.07) is 4.22. The van der Waals surface area contributed by atoms with Gasteiger partial charge in [0.1, 0.15) is 18.2 Å². The first-order chi connectivity index (χ1) is 10.1. The number of hydrogen-bond donors (Lipinski definition) is 1. The van der Waals surface area contributed by atoms with Gasteiger partial charge in [-0.3, -0.25) is 4.68 Å². The molecule has 1 aromatic heterocycles. The molecule has 0 aliphatic heterocycles. The third-order valence-corrected chi connectivity index (χ3v) is 4.10. The summed E-state index contributed by atoms with van der Waals surface area (Å²) in [5.74, 6) is -0.0262. The van der Waals surface area contributed by atoms with Crippen LogP contribution < -0.4 is 4.74 Å². The highest BCUT2D eigenvalue weighted by molar-refractivity contribution is 9.10. The lowest BCUT2D eigenvalue weighted by Gasteiger charge is -2.09. The molecule has 0 aliphatic carbocycles. The Morgan fingerprint density at radius 2 is 2.10 bits per heavy atom. The van der Waals surface area contributed by atoms with E-state index in [4.69, 9.17) is 9.84 Å². The van der Waals surface area contributed by atoms with Gasteiger partial charge >= 0.3 is 0 Å². The minimum Gasteiger partial charge on any atom is -0.487 e. The Hall–Kier alpha value is -1.40. The van der Waals surface area contributed by atoms with E-state index in [1.54, 1.807) is 6.07 Å². The van der Waals surface area contributed by atoms with Gasteiger partial charge < -0.3 is 9.84 Å². The molecular formula is C15H18BrFN2O2. The molecule has 1 N–H and O–H groups in total. The quantitative estimate of drug-likeness (QED) is 0.862. The van der Waals surface area contributed by atoms with Gasteiger partial charge in [-0.2, -0.15) is 5.10 Å². The molecule has 0 saturated heterocycles.